The zero-order valence-corrected chi connectivity index (χ0v) is 13.6. The first-order chi connectivity index (χ1) is 10.6. The van der Waals surface area contributed by atoms with Crippen LogP contribution in [0.5, 0.6) is 0 Å². The summed E-state index contributed by atoms with van der Waals surface area (Å²) < 4.78 is 0. The van der Waals surface area contributed by atoms with Crippen LogP contribution in [0.3, 0.4) is 0 Å². The monoisotopic (exact) mass is 323 g/mol. The Hall–Kier alpha value is -2.64. The number of nitro benzene ring substituents is 1. The lowest BCUT2D eigenvalue weighted by Crippen LogP contribution is -2.31. The number of carbonyl (C=O) groups excluding carboxylic acids is 1. The quantitative estimate of drug-likeness (QED) is 0.585. The number of amides is 1. The third kappa shape index (κ3) is 4.94. The van der Waals surface area contributed by atoms with E-state index in [0.29, 0.717) is 0 Å². The van der Waals surface area contributed by atoms with Gasteiger partial charge >= 0.3 is 5.97 Å². The molecule has 0 aliphatic heterocycles. The van der Waals surface area contributed by atoms with E-state index in [2.05, 4.69) is 5.32 Å². The molecule has 0 radical (unpaired) electrons. The maximum atomic E-state index is 12.0. The first-order valence-electron chi connectivity index (χ1n) is 7.16. The number of rotatable bonds is 7. The van der Waals surface area contributed by atoms with Crippen LogP contribution in [-0.2, 0) is 4.79 Å². The number of carbonyl (C=O) groups is 2. The second-order valence-electron chi connectivity index (χ2n) is 5.71. The summed E-state index contributed by atoms with van der Waals surface area (Å²) in [5, 5.41) is 22.9. The Kier molecular flexibility index (Phi) is 6.06. The number of hydrogen-bond acceptors (Lipinski definition) is 5. The SMILES string of the molecule is CC(C)NC(=O)c1ccc(N(C)CC(C)C(=O)O)c([N+](=O)[O-])c1. The highest BCUT2D eigenvalue weighted by Crippen LogP contribution is 2.29. The summed E-state index contributed by atoms with van der Waals surface area (Å²) in [6.07, 6.45) is 0. The van der Waals surface area contributed by atoms with E-state index in [-0.39, 0.29) is 29.5 Å². The summed E-state index contributed by atoms with van der Waals surface area (Å²) in [4.78, 5) is 35.1. The standard InChI is InChI=1S/C15H21N3O5/c1-9(2)16-14(19)11-5-6-12(13(7-11)18(22)23)17(4)8-10(3)15(20)21/h5-7,9-10H,8H2,1-4H3,(H,16,19)(H,20,21). The van der Waals surface area contributed by atoms with Gasteiger partial charge in [-0.1, -0.05) is 6.92 Å². The Bertz CT molecular complexity index is 615. The number of carboxylic acid groups (broad SMARTS) is 1. The van der Waals surface area contributed by atoms with E-state index in [1.165, 1.54) is 30.0 Å². The predicted molar refractivity (Wildman–Crippen MR) is 85.8 cm³/mol. The first-order valence-corrected chi connectivity index (χ1v) is 7.16. The molecule has 1 unspecified atom stereocenters. The van der Waals surface area contributed by atoms with Crippen LogP contribution in [0.1, 0.15) is 31.1 Å². The number of nitro groups is 1. The number of hydrogen-bond donors (Lipinski definition) is 2. The summed E-state index contributed by atoms with van der Waals surface area (Å²) in [6, 6.07) is 4.07. The molecule has 0 spiro atoms. The molecule has 0 heterocycles. The van der Waals surface area contributed by atoms with E-state index >= 15 is 0 Å². The average molecular weight is 323 g/mol. The fourth-order valence-corrected chi connectivity index (χ4v) is 2.07. The van der Waals surface area contributed by atoms with Gasteiger partial charge in [0, 0.05) is 31.3 Å². The molecule has 8 nitrogen and oxygen atoms in total. The van der Waals surface area contributed by atoms with Crippen molar-refractivity contribution in [2.45, 2.75) is 26.8 Å². The largest absolute Gasteiger partial charge is 0.481 e. The normalized spacial score (nSPS) is 11.9. The molecular formula is C15H21N3O5. The molecule has 1 atom stereocenters. The summed E-state index contributed by atoms with van der Waals surface area (Å²) in [5.41, 5.74) is 0.222. The van der Waals surface area contributed by atoms with Crippen molar-refractivity contribution in [1.82, 2.24) is 5.32 Å². The lowest BCUT2D eigenvalue weighted by atomic mass is 10.1. The Morgan fingerprint density at radius 2 is 1.96 bits per heavy atom. The highest BCUT2D eigenvalue weighted by Gasteiger charge is 2.22. The van der Waals surface area contributed by atoms with Gasteiger partial charge in [0.2, 0.25) is 0 Å². The zero-order chi connectivity index (χ0) is 17.7. The van der Waals surface area contributed by atoms with Crippen LogP contribution in [0.2, 0.25) is 0 Å². The van der Waals surface area contributed by atoms with Crippen molar-refractivity contribution < 1.29 is 19.6 Å². The molecule has 1 aromatic carbocycles. The topological polar surface area (TPSA) is 113 Å². The van der Waals surface area contributed by atoms with Crippen molar-refractivity contribution in [1.29, 1.82) is 0 Å². The molecule has 0 aromatic heterocycles. The molecule has 1 aromatic rings. The molecule has 0 aliphatic carbocycles. The van der Waals surface area contributed by atoms with E-state index in [4.69, 9.17) is 5.11 Å². The van der Waals surface area contributed by atoms with Gasteiger partial charge in [0.15, 0.2) is 0 Å². The minimum absolute atomic E-state index is 0.0830. The van der Waals surface area contributed by atoms with Crippen molar-refractivity contribution in [3.8, 4) is 0 Å². The van der Waals surface area contributed by atoms with E-state index in [1.807, 2.05) is 0 Å². The van der Waals surface area contributed by atoms with Gasteiger partial charge in [-0.25, -0.2) is 0 Å². The van der Waals surface area contributed by atoms with Crippen LogP contribution < -0.4 is 10.2 Å². The zero-order valence-electron chi connectivity index (χ0n) is 13.6. The fourth-order valence-electron chi connectivity index (χ4n) is 2.07. The molecular weight excluding hydrogens is 302 g/mol. The number of nitrogens with zero attached hydrogens (tertiary/aromatic N) is 2. The van der Waals surface area contributed by atoms with Crippen LogP contribution in [-0.4, -0.2) is 41.5 Å². The summed E-state index contributed by atoms with van der Waals surface area (Å²) in [5.74, 6) is -2.05. The van der Waals surface area contributed by atoms with Crippen molar-refractivity contribution in [3.63, 3.8) is 0 Å². The van der Waals surface area contributed by atoms with Gasteiger partial charge in [-0.05, 0) is 26.0 Å². The van der Waals surface area contributed by atoms with Crippen LogP contribution in [0.25, 0.3) is 0 Å². The first kappa shape index (κ1) is 18.4. The van der Waals surface area contributed by atoms with Crippen LogP contribution in [0.4, 0.5) is 11.4 Å². The number of aliphatic carboxylic acids is 1. The van der Waals surface area contributed by atoms with Crippen molar-refractivity contribution >= 4 is 23.3 Å². The Balaban J connectivity index is 3.12. The molecule has 126 valence electrons. The average Bonchev–Trinajstić information content (AvgIpc) is 2.45. The summed E-state index contributed by atoms with van der Waals surface area (Å²) in [6.45, 7) is 5.23. The van der Waals surface area contributed by atoms with E-state index in [9.17, 15) is 19.7 Å². The maximum absolute atomic E-state index is 12.0. The third-order valence-electron chi connectivity index (χ3n) is 3.23. The predicted octanol–water partition coefficient (Wildman–Crippen LogP) is 1.89. The van der Waals surface area contributed by atoms with E-state index in [1.54, 1.807) is 20.9 Å². The van der Waals surface area contributed by atoms with Crippen LogP contribution in [0.15, 0.2) is 18.2 Å². The molecule has 1 rings (SSSR count). The number of benzene rings is 1. The summed E-state index contributed by atoms with van der Waals surface area (Å²) >= 11 is 0. The second-order valence-corrected chi connectivity index (χ2v) is 5.71. The van der Waals surface area contributed by atoms with Crippen LogP contribution in [0, 0.1) is 16.0 Å². The highest BCUT2D eigenvalue weighted by atomic mass is 16.6. The minimum atomic E-state index is -0.979. The Labute approximate surface area is 134 Å². The van der Waals surface area contributed by atoms with Crippen molar-refractivity contribution in [3.05, 3.63) is 33.9 Å². The molecule has 0 fully saturated rings. The van der Waals surface area contributed by atoms with Gasteiger partial charge in [0.1, 0.15) is 5.69 Å². The maximum Gasteiger partial charge on any atom is 0.308 e. The van der Waals surface area contributed by atoms with E-state index < -0.39 is 22.7 Å². The smallest absolute Gasteiger partial charge is 0.308 e. The number of nitrogens with one attached hydrogen (secondary N) is 1. The second kappa shape index (κ2) is 7.57. The van der Waals surface area contributed by atoms with E-state index in [0.717, 1.165) is 0 Å². The molecule has 0 saturated heterocycles. The molecule has 2 N–H and O–H groups in total. The Morgan fingerprint density at radius 1 is 1.35 bits per heavy atom. The Morgan fingerprint density at radius 3 is 2.43 bits per heavy atom. The van der Waals surface area contributed by atoms with Crippen molar-refractivity contribution in [2.75, 3.05) is 18.5 Å². The molecule has 0 aliphatic rings. The third-order valence-corrected chi connectivity index (χ3v) is 3.23. The molecule has 0 saturated carbocycles. The van der Waals surface area contributed by atoms with Crippen molar-refractivity contribution in [2.24, 2.45) is 5.92 Å². The number of carboxylic acids is 1. The van der Waals surface area contributed by atoms with Gasteiger partial charge in [0.05, 0.1) is 10.8 Å². The van der Waals surface area contributed by atoms with Gasteiger partial charge in [0.25, 0.3) is 11.6 Å². The van der Waals surface area contributed by atoms with Gasteiger partial charge in [-0.3, -0.25) is 19.7 Å². The minimum Gasteiger partial charge on any atom is -0.481 e. The van der Waals surface area contributed by atoms with Gasteiger partial charge in [-0.2, -0.15) is 0 Å². The molecule has 0 bridgehead atoms. The highest BCUT2D eigenvalue weighted by molar-refractivity contribution is 5.96. The summed E-state index contributed by atoms with van der Waals surface area (Å²) in [7, 11) is 1.58. The van der Waals surface area contributed by atoms with Gasteiger partial charge < -0.3 is 15.3 Å². The molecule has 23 heavy (non-hydrogen) atoms. The lowest BCUT2D eigenvalue weighted by Gasteiger charge is -2.21. The number of anilines is 1. The lowest BCUT2D eigenvalue weighted by molar-refractivity contribution is -0.384. The van der Waals surface area contributed by atoms with Crippen LogP contribution >= 0.6 is 0 Å². The van der Waals surface area contributed by atoms with Gasteiger partial charge in [-0.15, -0.1) is 0 Å². The fraction of sp³-hybridized carbons (Fsp3) is 0.467. The molecule has 1 amide bonds. The molecule has 8 heteroatoms.